The van der Waals surface area contributed by atoms with Gasteiger partial charge in [-0.05, 0) is 74.7 Å². The summed E-state index contributed by atoms with van der Waals surface area (Å²) < 4.78 is 17.3. The minimum Gasteiger partial charge on any atom is -0.497 e. The van der Waals surface area contributed by atoms with E-state index in [0.717, 1.165) is 34.3 Å². The predicted molar refractivity (Wildman–Crippen MR) is 157 cm³/mol. The SMILES string of the molecule is COc1ccc(Oc2c(OC)cc(NC(C)CCCN3C(=O)c4ccccc4C3=O)c3nccc(C)c23)cc1.Cl. The summed E-state index contributed by atoms with van der Waals surface area (Å²) in [4.78, 5) is 31.3. The number of hydrogen-bond acceptors (Lipinski definition) is 7. The van der Waals surface area contributed by atoms with Crippen molar-refractivity contribution in [1.82, 2.24) is 9.88 Å². The largest absolute Gasteiger partial charge is 0.497 e. The maximum absolute atomic E-state index is 12.7. The van der Waals surface area contributed by atoms with Crippen LogP contribution in [0.5, 0.6) is 23.0 Å². The molecule has 3 aromatic carbocycles. The molecule has 2 heterocycles. The fraction of sp³-hybridized carbons (Fsp3) is 0.258. The van der Waals surface area contributed by atoms with Gasteiger partial charge in [-0.1, -0.05) is 12.1 Å². The number of carbonyl (C=O) groups excluding carboxylic acids is 2. The van der Waals surface area contributed by atoms with Crippen molar-refractivity contribution in [1.29, 1.82) is 0 Å². The number of methoxy groups -OCH3 is 2. The Morgan fingerprint density at radius 3 is 2.20 bits per heavy atom. The quantitative estimate of drug-likeness (QED) is 0.217. The molecule has 0 radical (unpaired) electrons. The molecule has 1 aliphatic heterocycles. The highest BCUT2D eigenvalue weighted by molar-refractivity contribution is 6.21. The van der Waals surface area contributed by atoms with E-state index in [1.807, 2.05) is 43.3 Å². The highest BCUT2D eigenvalue weighted by Gasteiger charge is 2.34. The second-order valence-electron chi connectivity index (χ2n) is 9.58. The Morgan fingerprint density at radius 1 is 0.925 bits per heavy atom. The van der Waals surface area contributed by atoms with E-state index in [9.17, 15) is 9.59 Å². The number of anilines is 1. The van der Waals surface area contributed by atoms with Crippen LogP contribution in [0, 0.1) is 6.92 Å². The lowest BCUT2D eigenvalue weighted by molar-refractivity contribution is 0.0651. The molecule has 1 N–H and O–H groups in total. The summed E-state index contributed by atoms with van der Waals surface area (Å²) in [5.41, 5.74) is 3.55. The minimum atomic E-state index is -0.223. The molecule has 1 aromatic heterocycles. The van der Waals surface area contributed by atoms with Gasteiger partial charge in [0.05, 0.1) is 41.9 Å². The number of amides is 2. The number of hydrogen-bond donors (Lipinski definition) is 1. The molecule has 0 bridgehead atoms. The zero-order valence-electron chi connectivity index (χ0n) is 22.9. The summed E-state index contributed by atoms with van der Waals surface area (Å²) in [5, 5.41) is 4.41. The molecule has 0 saturated heterocycles. The number of halogens is 1. The first kappa shape index (κ1) is 28.7. The number of imide groups is 1. The summed E-state index contributed by atoms with van der Waals surface area (Å²) in [6.45, 7) is 4.45. The maximum Gasteiger partial charge on any atom is 0.261 e. The average Bonchev–Trinajstić information content (AvgIpc) is 3.19. The zero-order chi connectivity index (χ0) is 27.5. The Kier molecular flexibility index (Phi) is 8.80. The Labute approximate surface area is 239 Å². The second kappa shape index (κ2) is 12.3. The lowest BCUT2D eigenvalue weighted by atomic mass is 10.1. The fourth-order valence-corrected chi connectivity index (χ4v) is 4.90. The molecule has 0 saturated carbocycles. The van der Waals surface area contributed by atoms with E-state index in [-0.39, 0.29) is 30.3 Å². The molecule has 0 aliphatic carbocycles. The van der Waals surface area contributed by atoms with Crippen LogP contribution in [0.25, 0.3) is 10.9 Å². The lowest BCUT2D eigenvalue weighted by Gasteiger charge is -2.21. The number of aromatic nitrogens is 1. The van der Waals surface area contributed by atoms with Crippen molar-refractivity contribution in [2.45, 2.75) is 32.7 Å². The first-order valence-electron chi connectivity index (χ1n) is 12.9. The minimum absolute atomic E-state index is 0. The van der Waals surface area contributed by atoms with Crippen molar-refractivity contribution in [3.8, 4) is 23.0 Å². The topological polar surface area (TPSA) is 90.0 Å². The number of pyridine rings is 1. The molecule has 5 rings (SSSR count). The normalized spacial score (nSPS) is 13.1. The van der Waals surface area contributed by atoms with Gasteiger partial charge in [-0.25, -0.2) is 0 Å². The van der Waals surface area contributed by atoms with Gasteiger partial charge in [-0.2, -0.15) is 0 Å². The maximum atomic E-state index is 12.7. The van der Waals surface area contributed by atoms with Crippen LogP contribution in [0.2, 0.25) is 0 Å². The van der Waals surface area contributed by atoms with Crippen LogP contribution in [0.1, 0.15) is 46.0 Å². The van der Waals surface area contributed by atoms with Crippen LogP contribution in [0.15, 0.2) is 66.9 Å². The third kappa shape index (κ3) is 5.53. The van der Waals surface area contributed by atoms with Gasteiger partial charge >= 0.3 is 0 Å². The number of nitrogens with one attached hydrogen (secondary N) is 1. The summed E-state index contributed by atoms with van der Waals surface area (Å²) in [5.74, 6) is 2.12. The molecule has 2 amide bonds. The molecule has 9 heteroatoms. The molecule has 1 atom stereocenters. The first-order valence-corrected chi connectivity index (χ1v) is 12.9. The smallest absolute Gasteiger partial charge is 0.261 e. The van der Waals surface area contributed by atoms with Gasteiger partial charge in [-0.3, -0.25) is 19.5 Å². The van der Waals surface area contributed by atoms with Gasteiger partial charge in [0.15, 0.2) is 11.5 Å². The van der Waals surface area contributed by atoms with Crippen LogP contribution in [0.4, 0.5) is 5.69 Å². The molecule has 208 valence electrons. The molecule has 1 unspecified atom stereocenters. The van der Waals surface area contributed by atoms with E-state index in [4.69, 9.17) is 14.2 Å². The molecule has 0 spiro atoms. The van der Waals surface area contributed by atoms with Crippen molar-refractivity contribution < 1.29 is 23.8 Å². The Bertz CT molecular complexity index is 1510. The van der Waals surface area contributed by atoms with Crippen LogP contribution in [0.3, 0.4) is 0 Å². The monoisotopic (exact) mass is 561 g/mol. The molecular weight excluding hydrogens is 530 g/mol. The number of benzene rings is 3. The highest BCUT2D eigenvalue weighted by Crippen LogP contribution is 2.43. The van der Waals surface area contributed by atoms with Crippen molar-refractivity contribution in [3.63, 3.8) is 0 Å². The third-order valence-corrected chi connectivity index (χ3v) is 6.94. The average molecular weight is 562 g/mol. The van der Waals surface area contributed by atoms with E-state index in [1.54, 1.807) is 44.7 Å². The van der Waals surface area contributed by atoms with Gasteiger partial charge in [0.25, 0.3) is 11.8 Å². The van der Waals surface area contributed by atoms with Gasteiger partial charge in [-0.15, -0.1) is 12.4 Å². The Hall–Kier alpha value is -4.30. The first-order chi connectivity index (χ1) is 18.9. The standard InChI is InChI=1S/C31H31N3O5.ClH/c1-19-15-16-32-28-25(18-26(38-4)29(27(19)28)39-22-13-11-21(37-3)12-14-22)33-20(2)8-7-17-34-30(35)23-9-5-6-10-24(23)31(34)36;/h5-6,9-16,18,20,33H,7-8,17H2,1-4H3;1H. The van der Waals surface area contributed by atoms with Crippen molar-refractivity contribution >= 4 is 40.8 Å². The predicted octanol–water partition coefficient (Wildman–Crippen LogP) is 6.65. The van der Waals surface area contributed by atoms with E-state index in [0.29, 0.717) is 41.3 Å². The van der Waals surface area contributed by atoms with E-state index < -0.39 is 0 Å². The molecule has 40 heavy (non-hydrogen) atoms. The number of carbonyl (C=O) groups is 2. The Morgan fingerprint density at radius 2 is 1.57 bits per heavy atom. The van der Waals surface area contributed by atoms with Crippen LogP contribution in [-0.2, 0) is 0 Å². The van der Waals surface area contributed by atoms with E-state index >= 15 is 0 Å². The summed E-state index contributed by atoms with van der Waals surface area (Å²) in [6, 6.07) is 18.2. The van der Waals surface area contributed by atoms with Gasteiger partial charge < -0.3 is 19.5 Å². The number of fused-ring (bicyclic) bond motifs is 2. The van der Waals surface area contributed by atoms with Gasteiger partial charge in [0.1, 0.15) is 11.5 Å². The van der Waals surface area contributed by atoms with Crippen LogP contribution in [-0.4, -0.2) is 48.5 Å². The summed E-state index contributed by atoms with van der Waals surface area (Å²) in [7, 11) is 3.24. The summed E-state index contributed by atoms with van der Waals surface area (Å²) >= 11 is 0. The van der Waals surface area contributed by atoms with Crippen LogP contribution < -0.4 is 19.5 Å². The second-order valence-corrected chi connectivity index (χ2v) is 9.58. The van der Waals surface area contributed by atoms with Gasteiger partial charge in [0.2, 0.25) is 0 Å². The molecule has 0 fully saturated rings. The lowest BCUT2D eigenvalue weighted by Crippen LogP contribution is -2.31. The molecule has 1 aliphatic rings. The molecule has 4 aromatic rings. The molecular formula is C31H32ClN3O5. The Balaban J connectivity index is 0.00000370. The van der Waals surface area contributed by atoms with Crippen molar-refractivity contribution in [3.05, 3.63) is 83.6 Å². The van der Waals surface area contributed by atoms with Crippen LogP contribution >= 0.6 is 12.4 Å². The zero-order valence-corrected chi connectivity index (χ0v) is 23.7. The van der Waals surface area contributed by atoms with E-state index in [2.05, 4.69) is 17.2 Å². The number of nitrogens with zero attached hydrogens (tertiary/aromatic N) is 2. The molecule has 8 nitrogen and oxygen atoms in total. The van der Waals surface area contributed by atoms with E-state index in [1.165, 1.54) is 4.90 Å². The highest BCUT2D eigenvalue weighted by atomic mass is 35.5. The van der Waals surface area contributed by atoms with Gasteiger partial charge in [0, 0.05) is 24.8 Å². The number of ether oxygens (including phenoxy) is 3. The third-order valence-electron chi connectivity index (χ3n) is 6.94. The fourth-order valence-electron chi connectivity index (χ4n) is 4.90. The number of rotatable bonds is 10. The van der Waals surface area contributed by atoms with Crippen molar-refractivity contribution in [2.75, 3.05) is 26.1 Å². The van der Waals surface area contributed by atoms with Crippen molar-refractivity contribution in [2.24, 2.45) is 0 Å². The summed E-state index contributed by atoms with van der Waals surface area (Å²) in [6.07, 6.45) is 3.19. The number of aryl methyl sites for hydroxylation is 1.